The fourth-order valence-corrected chi connectivity index (χ4v) is 3.86. The van der Waals surface area contributed by atoms with E-state index in [0.717, 1.165) is 5.56 Å². The third-order valence-corrected chi connectivity index (χ3v) is 5.28. The number of carbonyl (C=O) groups excluding carboxylic acids is 2. The van der Waals surface area contributed by atoms with Gasteiger partial charge < -0.3 is 19.1 Å². The Morgan fingerprint density at radius 1 is 1.17 bits per heavy atom. The van der Waals surface area contributed by atoms with Crippen LogP contribution in [0.5, 0.6) is 11.5 Å². The van der Waals surface area contributed by atoms with Crippen LogP contribution in [0.4, 0.5) is 4.79 Å². The lowest BCUT2D eigenvalue weighted by atomic mass is 9.89. The molecule has 0 N–H and O–H groups in total. The van der Waals surface area contributed by atoms with Gasteiger partial charge in [-0.05, 0) is 44.5 Å². The summed E-state index contributed by atoms with van der Waals surface area (Å²) in [7, 11) is 0. The Balaban J connectivity index is 1.44. The van der Waals surface area contributed by atoms with Crippen molar-refractivity contribution in [3.05, 3.63) is 59.7 Å². The number of nitrogens with zero attached hydrogens (tertiary/aromatic N) is 1. The summed E-state index contributed by atoms with van der Waals surface area (Å²) >= 11 is 0. The van der Waals surface area contributed by atoms with E-state index in [2.05, 4.69) is 0 Å². The molecule has 158 valence electrons. The van der Waals surface area contributed by atoms with Crippen LogP contribution in [0.15, 0.2) is 48.5 Å². The van der Waals surface area contributed by atoms with Crippen molar-refractivity contribution < 1.29 is 23.8 Å². The van der Waals surface area contributed by atoms with E-state index in [1.807, 2.05) is 57.2 Å². The van der Waals surface area contributed by atoms with Crippen LogP contribution in [-0.4, -0.2) is 41.1 Å². The van der Waals surface area contributed by atoms with Gasteiger partial charge in [-0.25, -0.2) is 4.79 Å². The zero-order valence-corrected chi connectivity index (χ0v) is 17.6. The first kappa shape index (κ1) is 20.3. The quantitative estimate of drug-likeness (QED) is 0.741. The number of fused-ring (bicyclic) bond motifs is 1. The average Bonchev–Trinajstić information content (AvgIpc) is 3.09. The third-order valence-electron chi connectivity index (χ3n) is 5.28. The molecule has 30 heavy (non-hydrogen) atoms. The van der Waals surface area contributed by atoms with Crippen molar-refractivity contribution in [1.82, 2.24) is 4.90 Å². The number of hydrogen-bond acceptors (Lipinski definition) is 5. The van der Waals surface area contributed by atoms with Crippen molar-refractivity contribution in [1.29, 1.82) is 0 Å². The van der Waals surface area contributed by atoms with Crippen LogP contribution in [0.3, 0.4) is 0 Å². The minimum Gasteiger partial charge on any atom is -0.489 e. The SMILES string of the molecule is CC(C)(C)OC(=O)N1CCC2(CC(=O)c3cc(OCc4ccccc4)ccc3O2)C1. The molecule has 2 aromatic carbocycles. The predicted octanol–water partition coefficient (Wildman–Crippen LogP) is 4.61. The molecule has 1 unspecified atom stereocenters. The number of rotatable bonds is 3. The highest BCUT2D eigenvalue weighted by atomic mass is 16.6. The van der Waals surface area contributed by atoms with Crippen LogP contribution >= 0.6 is 0 Å². The first-order valence-electron chi connectivity index (χ1n) is 10.2. The molecule has 0 radical (unpaired) electrons. The molecule has 2 heterocycles. The first-order valence-corrected chi connectivity index (χ1v) is 10.2. The van der Waals surface area contributed by atoms with E-state index in [0.29, 0.717) is 43.2 Å². The molecule has 6 nitrogen and oxygen atoms in total. The van der Waals surface area contributed by atoms with E-state index >= 15 is 0 Å². The second-order valence-corrected chi connectivity index (χ2v) is 8.97. The van der Waals surface area contributed by atoms with E-state index in [1.54, 1.807) is 17.0 Å². The number of likely N-dealkylation sites (tertiary alicyclic amines) is 1. The Morgan fingerprint density at radius 3 is 2.67 bits per heavy atom. The lowest BCUT2D eigenvalue weighted by molar-refractivity contribution is 0.0171. The van der Waals surface area contributed by atoms with Crippen LogP contribution in [0.1, 0.15) is 49.5 Å². The fraction of sp³-hybridized carbons (Fsp3) is 0.417. The summed E-state index contributed by atoms with van der Waals surface area (Å²) in [5.74, 6) is 1.18. The summed E-state index contributed by atoms with van der Waals surface area (Å²) in [6.07, 6.45) is 0.469. The summed E-state index contributed by atoms with van der Waals surface area (Å²) < 4.78 is 17.6. The number of amides is 1. The van der Waals surface area contributed by atoms with Gasteiger partial charge in [-0.1, -0.05) is 30.3 Å². The first-order chi connectivity index (χ1) is 14.2. The molecule has 2 aromatic rings. The lowest BCUT2D eigenvalue weighted by Gasteiger charge is -2.35. The maximum atomic E-state index is 12.9. The van der Waals surface area contributed by atoms with E-state index in [4.69, 9.17) is 14.2 Å². The smallest absolute Gasteiger partial charge is 0.410 e. The monoisotopic (exact) mass is 409 g/mol. The second-order valence-electron chi connectivity index (χ2n) is 8.97. The molecule has 1 atom stereocenters. The van der Waals surface area contributed by atoms with Crippen LogP contribution in [0.2, 0.25) is 0 Å². The molecule has 0 bridgehead atoms. The Hall–Kier alpha value is -3.02. The number of hydrogen-bond donors (Lipinski definition) is 0. The molecular formula is C24H27NO5. The second kappa shape index (κ2) is 7.67. The molecule has 1 saturated heterocycles. The minimum atomic E-state index is -0.687. The average molecular weight is 409 g/mol. The van der Waals surface area contributed by atoms with E-state index in [-0.39, 0.29) is 18.3 Å². The summed E-state index contributed by atoms with van der Waals surface area (Å²) in [5.41, 5.74) is 0.346. The third kappa shape index (κ3) is 4.42. The minimum absolute atomic E-state index is 0.00690. The summed E-state index contributed by atoms with van der Waals surface area (Å²) in [4.78, 5) is 26.9. The summed E-state index contributed by atoms with van der Waals surface area (Å²) in [5, 5.41) is 0. The van der Waals surface area contributed by atoms with Crippen molar-refractivity contribution in [3.8, 4) is 11.5 Å². The molecule has 1 fully saturated rings. The molecule has 6 heteroatoms. The largest absolute Gasteiger partial charge is 0.489 e. The van der Waals surface area contributed by atoms with Gasteiger partial charge in [0.05, 0.1) is 18.5 Å². The van der Waals surface area contributed by atoms with Gasteiger partial charge in [-0.15, -0.1) is 0 Å². The standard InChI is InChI=1S/C24H27NO5/c1-23(2,3)30-22(27)25-12-11-24(16-25)14-20(26)19-13-18(9-10-21(19)29-24)28-15-17-7-5-4-6-8-17/h4-10,13H,11-12,14-16H2,1-3H3. The van der Waals surface area contributed by atoms with Gasteiger partial charge in [0.1, 0.15) is 29.3 Å². The molecule has 2 aliphatic heterocycles. The van der Waals surface area contributed by atoms with Gasteiger partial charge in [-0.3, -0.25) is 4.79 Å². The fourth-order valence-electron chi connectivity index (χ4n) is 3.86. The zero-order chi connectivity index (χ0) is 21.4. The predicted molar refractivity (Wildman–Crippen MR) is 112 cm³/mol. The van der Waals surface area contributed by atoms with E-state index in [9.17, 15) is 9.59 Å². The van der Waals surface area contributed by atoms with Gasteiger partial charge in [-0.2, -0.15) is 0 Å². The van der Waals surface area contributed by atoms with Gasteiger partial charge >= 0.3 is 6.09 Å². The van der Waals surface area contributed by atoms with Gasteiger partial charge in [0, 0.05) is 13.0 Å². The Morgan fingerprint density at radius 2 is 1.93 bits per heavy atom. The topological polar surface area (TPSA) is 65.1 Å². The molecule has 0 aliphatic carbocycles. The van der Waals surface area contributed by atoms with Crippen LogP contribution in [0.25, 0.3) is 0 Å². The number of ether oxygens (including phenoxy) is 3. The normalized spacial score (nSPS) is 20.6. The van der Waals surface area contributed by atoms with Crippen LogP contribution in [-0.2, 0) is 11.3 Å². The lowest BCUT2D eigenvalue weighted by Crippen LogP contribution is -2.46. The maximum Gasteiger partial charge on any atom is 0.410 e. The summed E-state index contributed by atoms with van der Waals surface area (Å²) in [6.45, 7) is 6.81. The highest BCUT2D eigenvalue weighted by molar-refractivity contribution is 6.00. The molecule has 0 saturated carbocycles. The number of ketones is 1. The maximum absolute atomic E-state index is 12.9. The Kier molecular flexibility index (Phi) is 5.18. The highest BCUT2D eigenvalue weighted by Crippen LogP contribution is 2.40. The summed E-state index contributed by atoms with van der Waals surface area (Å²) in [6, 6.07) is 15.2. The van der Waals surface area contributed by atoms with Crippen molar-refractivity contribution >= 4 is 11.9 Å². The van der Waals surface area contributed by atoms with E-state index in [1.165, 1.54) is 0 Å². The van der Waals surface area contributed by atoms with Crippen molar-refractivity contribution in [2.75, 3.05) is 13.1 Å². The van der Waals surface area contributed by atoms with Gasteiger partial charge in [0.25, 0.3) is 0 Å². The molecule has 4 rings (SSSR count). The van der Waals surface area contributed by atoms with Crippen LogP contribution in [0, 0.1) is 0 Å². The number of benzene rings is 2. The number of carbonyl (C=O) groups is 2. The van der Waals surface area contributed by atoms with Crippen molar-refractivity contribution in [2.45, 2.75) is 51.4 Å². The highest BCUT2D eigenvalue weighted by Gasteiger charge is 2.47. The Labute approximate surface area is 176 Å². The van der Waals surface area contributed by atoms with Crippen LogP contribution < -0.4 is 9.47 Å². The van der Waals surface area contributed by atoms with Crippen molar-refractivity contribution in [2.24, 2.45) is 0 Å². The van der Waals surface area contributed by atoms with E-state index < -0.39 is 11.2 Å². The Bertz CT molecular complexity index is 950. The molecule has 1 spiro atoms. The molecular weight excluding hydrogens is 382 g/mol. The number of Topliss-reactive ketones (excluding diaryl/α,β-unsaturated/α-hetero) is 1. The molecule has 0 aromatic heterocycles. The zero-order valence-electron chi connectivity index (χ0n) is 17.6. The molecule has 2 aliphatic rings. The van der Waals surface area contributed by atoms with Crippen molar-refractivity contribution in [3.63, 3.8) is 0 Å². The van der Waals surface area contributed by atoms with Gasteiger partial charge in [0.15, 0.2) is 5.78 Å². The van der Waals surface area contributed by atoms with Gasteiger partial charge in [0.2, 0.25) is 0 Å². The molecule has 1 amide bonds.